The Morgan fingerprint density at radius 1 is 1.24 bits per heavy atom. The number of halogens is 4. The minimum atomic E-state index is -5.70. The Bertz CT molecular complexity index is 523. The molecule has 0 N–H and O–H groups in total. The zero-order valence-electron chi connectivity index (χ0n) is 7.98. The van der Waals surface area contributed by atoms with Crippen LogP contribution in [0.2, 0.25) is 0 Å². The Morgan fingerprint density at radius 3 is 2.18 bits per heavy atom. The maximum atomic E-state index is 12.1. The van der Waals surface area contributed by atoms with Gasteiger partial charge in [0.1, 0.15) is 0 Å². The van der Waals surface area contributed by atoms with Crippen LogP contribution in [0.15, 0.2) is 30.3 Å². The molecule has 0 amide bonds. The van der Waals surface area contributed by atoms with Gasteiger partial charge in [0.15, 0.2) is 0 Å². The molecule has 0 spiro atoms. The molecule has 0 radical (unpaired) electrons. The number of nitrogens with zero attached hydrogens (tertiary/aromatic N) is 1. The predicted molar refractivity (Wildman–Crippen MR) is 61.8 cm³/mol. The van der Waals surface area contributed by atoms with Crippen LogP contribution in [0.4, 0.5) is 13.2 Å². The van der Waals surface area contributed by atoms with Crippen LogP contribution in [-0.2, 0) is 12.6 Å². The van der Waals surface area contributed by atoms with Gasteiger partial charge in [-0.3, -0.25) is 0 Å². The Balaban J connectivity index is 2.99. The molecule has 1 rings (SSSR count). The Kier molecular flexibility index (Phi) is 4.34. The average Bonchev–Trinajstić information content (AvgIpc) is 2.25. The van der Waals surface area contributed by atoms with E-state index in [1.165, 1.54) is 24.3 Å². The molecule has 0 fully saturated rings. The van der Waals surface area contributed by atoms with Crippen LogP contribution in [0.25, 0.3) is 3.06 Å². The molecule has 0 heterocycles. The SMILES string of the molecule is [C-]#[N+]I(OS(=O)(=O)C(F)(F)F)c1ccccc1. The zero-order valence-corrected chi connectivity index (χ0v) is 11.0. The summed E-state index contributed by atoms with van der Waals surface area (Å²) in [7, 11) is -5.70. The van der Waals surface area contributed by atoms with E-state index in [2.05, 4.69) is 5.57 Å². The summed E-state index contributed by atoms with van der Waals surface area (Å²) in [5.41, 5.74) is -5.50. The van der Waals surface area contributed by atoms with Crippen LogP contribution in [0, 0.1) is 10.1 Å². The molecule has 94 valence electrons. The van der Waals surface area contributed by atoms with Crippen LogP contribution >= 0.6 is 20.5 Å². The molecule has 1 aromatic carbocycles. The van der Waals surface area contributed by atoms with E-state index in [1.807, 2.05) is 0 Å². The fourth-order valence-corrected chi connectivity index (χ4v) is 5.20. The van der Waals surface area contributed by atoms with Gasteiger partial charge in [0.2, 0.25) is 0 Å². The fraction of sp³-hybridized carbons (Fsp3) is 0.125. The van der Waals surface area contributed by atoms with Gasteiger partial charge in [0.25, 0.3) is 0 Å². The fourth-order valence-electron chi connectivity index (χ4n) is 0.736. The maximum absolute atomic E-state index is 12.1. The monoisotopic (exact) mass is 379 g/mol. The van der Waals surface area contributed by atoms with Gasteiger partial charge in [0.05, 0.1) is 0 Å². The Hall–Kier alpha value is -0.860. The van der Waals surface area contributed by atoms with Crippen molar-refractivity contribution >= 4 is 30.6 Å². The van der Waals surface area contributed by atoms with Crippen molar-refractivity contribution in [3.63, 3.8) is 0 Å². The van der Waals surface area contributed by atoms with E-state index in [0.717, 1.165) is 0 Å². The Labute approximate surface area is 104 Å². The van der Waals surface area contributed by atoms with Crippen LogP contribution in [0.5, 0.6) is 0 Å². The molecule has 0 unspecified atom stereocenters. The standard InChI is InChI=1S/C8H5F3INO3S/c1-13-12(7-5-3-2-4-6-7)16-17(14,15)8(9,10)11/h2-6H. The van der Waals surface area contributed by atoms with E-state index in [1.54, 1.807) is 6.07 Å². The third-order valence-corrected chi connectivity index (χ3v) is 6.94. The molecule has 4 nitrogen and oxygen atoms in total. The second-order valence-electron chi connectivity index (χ2n) is 2.57. The van der Waals surface area contributed by atoms with E-state index in [0.29, 0.717) is 0 Å². The van der Waals surface area contributed by atoms with E-state index in [4.69, 9.17) is 6.57 Å². The summed E-state index contributed by atoms with van der Waals surface area (Å²) in [6, 6.07) is 7.33. The van der Waals surface area contributed by atoms with Crippen molar-refractivity contribution in [1.82, 2.24) is 0 Å². The van der Waals surface area contributed by atoms with Gasteiger partial charge >= 0.3 is 104 Å². The van der Waals surface area contributed by atoms with Crippen molar-refractivity contribution in [1.29, 1.82) is 0 Å². The van der Waals surface area contributed by atoms with Crippen LogP contribution in [0.1, 0.15) is 0 Å². The molecular formula is C8H5F3INO3S. The average molecular weight is 379 g/mol. The van der Waals surface area contributed by atoms with Crippen molar-refractivity contribution < 1.29 is 24.1 Å². The van der Waals surface area contributed by atoms with Gasteiger partial charge in [-0.05, 0) is 0 Å². The van der Waals surface area contributed by atoms with Crippen molar-refractivity contribution in [2.75, 3.05) is 0 Å². The van der Waals surface area contributed by atoms with Crippen molar-refractivity contribution in [3.8, 4) is 0 Å². The Morgan fingerprint density at radius 2 is 1.76 bits per heavy atom. The molecule has 9 heteroatoms. The molecule has 0 aliphatic heterocycles. The molecule has 0 saturated heterocycles. The van der Waals surface area contributed by atoms with Crippen molar-refractivity contribution in [2.24, 2.45) is 0 Å². The van der Waals surface area contributed by atoms with Crippen molar-refractivity contribution in [2.45, 2.75) is 5.51 Å². The molecule has 0 saturated carbocycles. The summed E-state index contributed by atoms with van der Waals surface area (Å²) < 4.78 is 64.7. The van der Waals surface area contributed by atoms with Gasteiger partial charge in [-0.2, -0.15) is 0 Å². The summed E-state index contributed by atoms with van der Waals surface area (Å²) in [6.45, 7) is 6.72. The molecule has 0 aliphatic carbocycles. The number of alkyl halides is 3. The molecule has 0 aromatic heterocycles. The second kappa shape index (κ2) is 5.19. The minimum absolute atomic E-state index is 0.194. The van der Waals surface area contributed by atoms with Gasteiger partial charge in [-0.25, -0.2) is 0 Å². The van der Waals surface area contributed by atoms with Gasteiger partial charge in [-0.1, -0.05) is 0 Å². The van der Waals surface area contributed by atoms with Crippen LogP contribution in [0.3, 0.4) is 0 Å². The summed E-state index contributed by atoms with van der Waals surface area (Å²) in [6.07, 6.45) is 0. The van der Waals surface area contributed by atoms with Crippen LogP contribution in [-0.4, -0.2) is 13.9 Å². The zero-order chi connectivity index (χ0) is 13.1. The first-order chi connectivity index (χ1) is 7.78. The van der Waals surface area contributed by atoms with Gasteiger partial charge in [-0.15, -0.1) is 0 Å². The third kappa shape index (κ3) is 3.55. The van der Waals surface area contributed by atoms with Gasteiger partial charge in [0, 0.05) is 0 Å². The topological polar surface area (TPSA) is 47.7 Å². The summed E-state index contributed by atoms with van der Waals surface area (Å²) in [5, 5.41) is 0. The number of hydrogen-bond donors (Lipinski definition) is 0. The van der Waals surface area contributed by atoms with E-state index >= 15 is 0 Å². The van der Waals surface area contributed by atoms with Crippen molar-refractivity contribution in [3.05, 3.63) is 43.5 Å². The second-order valence-corrected chi connectivity index (χ2v) is 8.19. The number of benzene rings is 1. The van der Waals surface area contributed by atoms with E-state index in [9.17, 15) is 21.6 Å². The van der Waals surface area contributed by atoms with Gasteiger partial charge < -0.3 is 0 Å². The number of hydrogen-bond acceptors (Lipinski definition) is 3. The van der Waals surface area contributed by atoms with Crippen LogP contribution < -0.4 is 0 Å². The quantitative estimate of drug-likeness (QED) is 0.461. The normalized spacial score (nSPS) is 12.9. The molecule has 0 aliphatic rings. The molecule has 1 aromatic rings. The summed E-state index contributed by atoms with van der Waals surface area (Å²) in [5.74, 6) is 0. The summed E-state index contributed by atoms with van der Waals surface area (Å²) >= 11 is -3.50. The first-order valence-corrected chi connectivity index (χ1v) is 8.25. The molecular weight excluding hydrogens is 374 g/mol. The van der Waals surface area contributed by atoms with E-state index < -0.39 is 36.1 Å². The third-order valence-electron chi connectivity index (χ3n) is 1.42. The van der Waals surface area contributed by atoms with E-state index in [-0.39, 0.29) is 3.57 Å². The number of rotatable bonds is 3. The summed E-state index contributed by atoms with van der Waals surface area (Å²) in [4.78, 5) is 0. The first-order valence-electron chi connectivity index (χ1n) is 3.92. The molecule has 0 bridgehead atoms. The predicted octanol–water partition coefficient (Wildman–Crippen LogP) is 2.98. The molecule has 0 atom stereocenters. The molecule has 17 heavy (non-hydrogen) atoms. The first kappa shape index (κ1) is 14.2.